The normalized spacial score (nSPS) is 19.0. The molecule has 0 aliphatic carbocycles. The van der Waals surface area contributed by atoms with Gasteiger partial charge in [-0.15, -0.1) is 11.3 Å². The van der Waals surface area contributed by atoms with Crippen molar-refractivity contribution in [3.8, 4) is 0 Å². The van der Waals surface area contributed by atoms with Gasteiger partial charge in [-0.2, -0.15) is 0 Å². The Morgan fingerprint density at radius 2 is 2.21 bits per heavy atom. The highest BCUT2D eigenvalue weighted by Gasteiger charge is 2.28. The first-order valence-electron chi connectivity index (χ1n) is 6.31. The predicted molar refractivity (Wildman–Crippen MR) is 73.7 cm³/mol. The molecule has 3 N–H and O–H groups in total. The highest BCUT2D eigenvalue weighted by Crippen LogP contribution is 2.19. The summed E-state index contributed by atoms with van der Waals surface area (Å²) in [6.07, 6.45) is 3.11. The molecular weight excluding hydrogens is 264 g/mol. The molecule has 0 saturated carbocycles. The molecule has 1 aliphatic rings. The van der Waals surface area contributed by atoms with Crippen LogP contribution in [0.25, 0.3) is 0 Å². The summed E-state index contributed by atoms with van der Waals surface area (Å²) in [6, 6.07) is -0.224. The van der Waals surface area contributed by atoms with Crippen LogP contribution < -0.4 is 11.1 Å². The van der Waals surface area contributed by atoms with Gasteiger partial charge in [0.1, 0.15) is 0 Å². The van der Waals surface area contributed by atoms with Crippen LogP contribution in [0.5, 0.6) is 0 Å². The van der Waals surface area contributed by atoms with Gasteiger partial charge in [-0.1, -0.05) is 0 Å². The number of amides is 2. The average Bonchev–Trinajstić information content (AvgIpc) is 2.90. The zero-order chi connectivity index (χ0) is 13.8. The third kappa shape index (κ3) is 3.51. The molecule has 2 rings (SSSR count). The Bertz CT molecular complexity index is 441. The van der Waals surface area contributed by atoms with Gasteiger partial charge in [0.15, 0.2) is 5.13 Å². The molecule has 1 saturated heterocycles. The number of likely N-dealkylation sites (tertiary alicyclic amines) is 1. The Kier molecular flexibility index (Phi) is 4.49. The standard InChI is InChI=1S/C12H18N4O2S/c1-8(11(18)15-12-14-4-7-19-12)16-5-2-9(3-6-16)10(13)17/h4,7-9H,2-3,5-6H2,1H3,(H2,13,17)(H,14,15,18). The Balaban J connectivity index is 1.85. The highest BCUT2D eigenvalue weighted by molar-refractivity contribution is 7.13. The van der Waals surface area contributed by atoms with Gasteiger partial charge in [0, 0.05) is 17.5 Å². The SMILES string of the molecule is CC(C(=O)Nc1nccs1)N1CCC(C(N)=O)CC1. The lowest BCUT2D eigenvalue weighted by molar-refractivity contribution is -0.124. The van der Waals surface area contributed by atoms with Gasteiger partial charge < -0.3 is 11.1 Å². The quantitative estimate of drug-likeness (QED) is 0.849. The lowest BCUT2D eigenvalue weighted by Gasteiger charge is -2.34. The van der Waals surface area contributed by atoms with Crippen LogP contribution in [0.2, 0.25) is 0 Å². The van der Waals surface area contributed by atoms with E-state index in [0.29, 0.717) is 5.13 Å². The van der Waals surface area contributed by atoms with Gasteiger partial charge in [-0.05, 0) is 32.9 Å². The molecular formula is C12H18N4O2S. The van der Waals surface area contributed by atoms with Crippen LogP contribution in [0.4, 0.5) is 5.13 Å². The number of nitrogens with one attached hydrogen (secondary N) is 1. The number of thiazole rings is 1. The van der Waals surface area contributed by atoms with Crippen LogP contribution >= 0.6 is 11.3 Å². The third-order valence-corrected chi connectivity index (χ3v) is 4.21. The van der Waals surface area contributed by atoms with E-state index < -0.39 is 0 Å². The van der Waals surface area contributed by atoms with Crippen LogP contribution in [-0.4, -0.2) is 40.8 Å². The van der Waals surface area contributed by atoms with Crippen molar-refractivity contribution in [3.05, 3.63) is 11.6 Å². The molecule has 0 spiro atoms. The minimum atomic E-state index is -0.237. The summed E-state index contributed by atoms with van der Waals surface area (Å²) in [6.45, 7) is 3.31. The molecule has 1 aliphatic heterocycles. The molecule has 1 fully saturated rings. The molecule has 2 heterocycles. The van der Waals surface area contributed by atoms with Crippen LogP contribution in [0.3, 0.4) is 0 Å². The summed E-state index contributed by atoms with van der Waals surface area (Å²) < 4.78 is 0. The zero-order valence-electron chi connectivity index (χ0n) is 10.8. The molecule has 1 unspecified atom stereocenters. The van der Waals surface area contributed by atoms with Crippen molar-refractivity contribution in [2.45, 2.75) is 25.8 Å². The molecule has 1 atom stereocenters. The van der Waals surface area contributed by atoms with Gasteiger partial charge in [-0.3, -0.25) is 14.5 Å². The predicted octanol–water partition coefficient (Wildman–Crippen LogP) is 0.667. The average molecular weight is 282 g/mol. The molecule has 0 radical (unpaired) electrons. The van der Waals surface area contributed by atoms with Crippen molar-refractivity contribution in [3.63, 3.8) is 0 Å². The molecule has 1 aromatic rings. The molecule has 0 bridgehead atoms. The smallest absolute Gasteiger partial charge is 0.243 e. The second kappa shape index (κ2) is 6.12. The van der Waals surface area contributed by atoms with Crippen molar-refractivity contribution in [1.29, 1.82) is 0 Å². The van der Waals surface area contributed by atoms with Gasteiger partial charge in [0.2, 0.25) is 11.8 Å². The van der Waals surface area contributed by atoms with Crippen molar-refractivity contribution in [2.24, 2.45) is 11.7 Å². The second-order valence-corrected chi connectivity index (χ2v) is 5.61. The molecule has 6 nitrogen and oxygen atoms in total. The fraction of sp³-hybridized carbons (Fsp3) is 0.583. The summed E-state index contributed by atoms with van der Waals surface area (Å²) in [5.74, 6) is -0.350. The monoisotopic (exact) mass is 282 g/mol. The summed E-state index contributed by atoms with van der Waals surface area (Å²) in [5.41, 5.74) is 5.30. The van der Waals surface area contributed by atoms with E-state index in [9.17, 15) is 9.59 Å². The van der Waals surface area contributed by atoms with Gasteiger partial charge >= 0.3 is 0 Å². The lowest BCUT2D eigenvalue weighted by Crippen LogP contribution is -2.47. The number of hydrogen-bond donors (Lipinski definition) is 2. The number of aromatic nitrogens is 1. The van der Waals surface area contributed by atoms with Crippen LogP contribution in [-0.2, 0) is 9.59 Å². The number of carbonyl (C=O) groups is 2. The lowest BCUT2D eigenvalue weighted by atomic mass is 9.95. The first-order valence-corrected chi connectivity index (χ1v) is 7.19. The van der Waals surface area contributed by atoms with E-state index in [0.717, 1.165) is 25.9 Å². The molecule has 104 valence electrons. The number of carbonyl (C=O) groups excluding carboxylic acids is 2. The maximum absolute atomic E-state index is 12.0. The minimum Gasteiger partial charge on any atom is -0.369 e. The van der Waals surface area contributed by atoms with E-state index in [2.05, 4.69) is 15.2 Å². The summed E-state index contributed by atoms with van der Waals surface area (Å²) in [5, 5.41) is 5.22. The number of primary amides is 1. The molecule has 19 heavy (non-hydrogen) atoms. The Morgan fingerprint density at radius 1 is 1.53 bits per heavy atom. The fourth-order valence-electron chi connectivity index (χ4n) is 2.23. The molecule has 7 heteroatoms. The van der Waals surface area contributed by atoms with Crippen LogP contribution in [0.1, 0.15) is 19.8 Å². The maximum atomic E-state index is 12.0. The van der Waals surface area contributed by atoms with E-state index >= 15 is 0 Å². The first kappa shape index (κ1) is 14.0. The fourth-order valence-corrected chi connectivity index (χ4v) is 2.76. The number of nitrogens with zero attached hydrogens (tertiary/aromatic N) is 2. The molecule has 0 aromatic carbocycles. The Labute approximate surface area is 116 Å². The number of rotatable bonds is 4. The topological polar surface area (TPSA) is 88.3 Å². The summed E-state index contributed by atoms with van der Waals surface area (Å²) in [4.78, 5) is 29.2. The van der Waals surface area contributed by atoms with Gasteiger partial charge in [-0.25, -0.2) is 4.98 Å². The van der Waals surface area contributed by atoms with Crippen molar-refractivity contribution in [2.75, 3.05) is 18.4 Å². The number of anilines is 1. The van der Waals surface area contributed by atoms with Crippen LogP contribution in [0.15, 0.2) is 11.6 Å². The van der Waals surface area contributed by atoms with Crippen molar-refractivity contribution in [1.82, 2.24) is 9.88 Å². The Morgan fingerprint density at radius 3 is 2.74 bits per heavy atom. The zero-order valence-corrected chi connectivity index (χ0v) is 11.7. The van der Waals surface area contributed by atoms with Crippen molar-refractivity contribution >= 4 is 28.3 Å². The number of nitrogens with two attached hydrogens (primary N) is 1. The minimum absolute atomic E-state index is 0.0505. The van der Waals surface area contributed by atoms with Crippen LogP contribution in [0, 0.1) is 5.92 Å². The number of hydrogen-bond acceptors (Lipinski definition) is 5. The van der Waals surface area contributed by atoms with E-state index in [-0.39, 0.29) is 23.8 Å². The molecule has 1 aromatic heterocycles. The second-order valence-electron chi connectivity index (χ2n) is 4.72. The van der Waals surface area contributed by atoms with E-state index in [1.165, 1.54) is 11.3 Å². The first-order chi connectivity index (χ1) is 9.08. The number of piperidine rings is 1. The van der Waals surface area contributed by atoms with Gasteiger partial charge in [0.05, 0.1) is 6.04 Å². The summed E-state index contributed by atoms with van der Waals surface area (Å²) in [7, 11) is 0. The van der Waals surface area contributed by atoms with Crippen molar-refractivity contribution < 1.29 is 9.59 Å². The van der Waals surface area contributed by atoms with E-state index in [1.807, 2.05) is 12.3 Å². The third-order valence-electron chi connectivity index (χ3n) is 3.52. The maximum Gasteiger partial charge on any atom is 0.243 e. The van der Waals surface area contributed by atoms with Gasteiger partial charge in [0.25, 0.3) is 0 Å². The van der Waals surface area contributed by atoms with E-state index in [4.69, 9.17) is 5.73 Å². The molecule has 2 amide bonds. The highest BCUT2D eigenvalue weighted by atomic mass is 32.1. The Hall–Kier alpha value is -1.47. The largest absolute Gasteiger partial charge is 0.369 e. The summed E-state index contributed by atoms with van der Waals surface area (Å²) >= 11 is 1.40. The van der Waals surface area contributed by atoms with E-state index in [1.54, 1.807) is 6.20 Å².